The van der Waals surface area contributed by atoms with E-state index in [0.717, 1.165) is 25.2 Å². The molecule has 1 atom stereocenters. The molecule has 1 aliphatic rings. The highest BCUT2D eigenvalue weighted by Crippen LogP contribution is 2.30. The number of rotatable bonds is 8. The summed E-state index contributed by atoms with van der Waals surface area (Å²) < 4.78 is 11.0. The lowest BCUT2D eigenvalue weighted by molar-refractivity contribution is -0.122. The van der Waals surface area contributed by atoms with Crippen molar-refractivity contribution < 1.29 is 34.8 Å². The minimum atomic E-state index is -1.08. The molecular weight excluding hydrogens is 454 g/mol. The Bertz CT molecular complexity index is 1000. The Hall–Kier alpha value is -3.47. The molecule has 2 aromatic rings. The number of phenols is 1. The number of aromatic amines is 1. The predicted molar refractivity (Wildman–Crippen MR) is 130 cm³/mol. The van der Waals surface area contributed by atoms with Gasteiger partial charge in [-0.2, -0.15) is 0 Å². The average Bonchev–Trinajstić information content (AvgIpc) is 3.33. The highest BCUT2D eigenvalue weighted by molar-refractivity contribution is 5.97. The number of carbonyl (C=O) groups excluding carboxylic acids is 2. The molecule has 0 spiro atoms. The number of phenolic OH excluding ortho intramolecular Hbond substituents is 1. The summed E-state index contributed by atoms with van der Waals surface area (Å²) >= 11 is 0. The molecule has 0 saturated heterocycles. The third-order valence-electron chi connectivity index (χ3n) is 5.22. The number of ether oxygens (including phenoxy) is 2. The Balaban J connectivity index is 0.00000432. The number of H-pyrrole nitrogens is 1. The summed E-state index contributed by atoms with van der Waals surface area (Å²) in [6.07, 6.45) is 11.4. The largest absolute Gasteiger partial charge is 0.507 e. The fourth-order valence-corrected chi connectivity index (χ4v) is 3.41. The summed E-state index contributed by atoms with van der Waals surface area (Å²) in [5.74, 6) is 0.0853. The van der Waals surface area contributed by atoms with Crippen LogP contribution in [0.5, 0.6) is 11.5 Å². The summed E-state index contributed by atoms with van der Waals surface area (Å²) in [6, 6.07) is 3.09. The van der Waals surface area contributed by atoms with Crippen molar-refractivity contribution in [3.05, 3.63) is 59.7 Å². The lowest BCUT2D eigenvalue weighted by atomic mass is 10.0. The molecule has 2 heterocycles. The van der Waals surface area contributed by atoms with Crippen LogP contribution in [-0.2, 0) is 16.1 Å². The van der Waals surface area contributed by atoms with Gasteiger partial charge in [0.1, 0.15) is 29.0 Å². The van der Waals surface area contributed by atoms with Gasteiger partial charge in [0.25, 0.3) is 0 Å². The van der Waals surface area contributed by atoms with Gasteiger partial charge in [0.05, 0.1) is 19.8 Å². The van der Waals surface area contributed by atoms with Crippen LogP contribution < -0.4 is 10.1 Å². The molecule has 1 aliphatic heterocycles. The number of ketones is 1. The Labute approximate surface area is 204 Å². The highest BCUT2D eigenvalue weighted by atomic mass is 16.5. The second-order valence-corrected chi connectivity index (χ2v) is 7.90. The number of aromatic hydroxyl groups is 1. The van der Waals surface area contributed by atoms with Crippen molar-refractivity contribution in [3.63, 3.8) is 0 Å². The van der Waals surface area contributed by atoms with Gasteiger partial charge in [-0.05, 0) is 56.4 Å². The summed E-state index contributed by atoms with van der Waals surface area (Å²) in [6.45, 7) is 2.00. The second kappa shape index (κ2) is 14.7. The zero-order valence-corrected chi connectivity index (χ0v) is 19.5. The van der Waals surface area contributed by atoms with Gasteiger partial charge < -0.3 is 35.5 Å². The third kappa shape index (κ3) is 9.01. The number of hydrogen-bond acceptors (Lipinski definition) is 8. The number of imidazole rings is 1. The van der Waals surface area contributed by atoms with E-state index in [1.54, 1.807) is 36.7 Å². The molecule has 6 N–H and O–H groups in total. The van der Waals surface area contributed by atoms with Crippen LogP contribution >= 0.6 is 0 Å². The van der Waals surface area contributed by atoms with Gasteiger partial charge in [-0.25, -0.2) is 9.78 Å². The molecule has 1 aromatic heterocycles. The van der Waals surface area contributed by atoms with Gasteiger partial charge in [-0.3, -0.25) is 4.79 Å². The molecule has 1 aromatic carbocycles. The Morgan fingerprint density at radius 1 is 1.17 bits per heavy atom. The number of carbonyl (C=O) groups is 2. The third-order valence-corrected chi connectivity index (χ3v) is 5.22. The first-order chi connectivity index (χ1) is 16.5. The van der Waals surface area contributed by atoms with Crippen LogP contribution in [-0.4, -0.2) is 63.3 Å². The van der Waals surface area contributed by atoms with Crippen LogP contribution in [0.2, 0.25) is 0 Å². The number of cyclic esters (lactones) is 1. The van der Waals surface area contributed by atoms with Crippen molar-refractivity contribution in [2.24, 2.45) is 0 Å². The zero-order valence-electron chi connectivity index (χ0n) is 19.5. The minimum Gasteiger partial charge on any atom is -0.507 e. The average molecular weight is 488 g/mol. The topological polar surface area (TPSA) is 165 Å². The maximum atomic E-state index is 12.6. The van der Waals surface area contributed by atoms with Crippen LogP contribution in [0.4, 0.5) is 0 Å². The van der Waals surface area contributed by atoms with Gasteiger partial charge in [-0.1, -0.05) is 18.2 Å². The molecular formula is C25H33N3O7. The van der Waals surface area contributed by atoms with Gasteiger partial charge in [0.15, 0.2) is 5.78 Å². The first kappa shape index (κ1) is 27.8. The molecule has 0 unspecified atom stereocenters. The normalized spacial score (nSPS) is 18.5. The molecule has 10 heteroatoms. The fourth-order valence-electron chi connectivity index (χ4n) is 3.41. The van der Waals surface area contributed by atoms with Crippen LogP contribution in [0.1, 0.15) is 53.8 Å². The number of nitrogens with one attached hydrogen (secondary N) is 2. The number of aliphatic hydroxyl groups is 1. The van der Waals surface area contributed by atoms with E-state index < -0.39 is 12.1 Å². The standard InChI is InChI=1S/C25H31N3O6.H2O/c29-20-8-2-1-7-18-15-19(33-13-6-4-10-26-17-23-27-11-12-28-23)16-22(31)24(18)25(32)34-14-5-3-9-21(20)30;/h1,3,7,9,11-12,15-16,20,26,29,31H,2,4-6,8,10,13-14,17H2,(H,27,28);1H2/b7-1+,9-3-;/t20-;/m0./s1. The van der Waals surface area contributed by atoms with Crippen molar-refractivity contribution in [1.82, 2.24) is 15.3 Å². The first-order valence-electron chi connectivity index (χ1n) is 11.5. The summed E-state index contributed by atoms with van der Waals surface area (Å²) in [4.78, 5) is 31.6. The molecule has 190 valence electrons. The molecule has 35 heavy (non-hydrogen) atoms. The quantitative estimate of drug-likeness (QED) is 0.324. The number of aliphatic hydroxyl groups excluding tert-OH is 1. The molecule has 3 rings (SSSR count). The number of aromatic nitrogens is 2. The van der Waals surface area contributed by atoms with Crippen molar-refractivity contribution in [2.75, 3.05) is 19.8 Å². The Kier molecular flexibility index (Phi) is 11.7. The number of esters is 1. The molecule has 0 amide bonds. The maximum absolute atomic E-state index is 12.6. The van der Waals surface area contributed by atoms with E-state index in [9.17, 15) is 19.8 Å². The van der Waals surface area contributed by atoms with E-state index in [4.69, 9.17) is 9.47 Å². The summed E-state index contributed by atoms with van der Waals surface area (Å²) in [5, 5.41) is 23.8. The van der Waals surface area contributed by atoms with Crippen LogP contribution in [0, 0.1) is 0 Å². The van der Waals surface area contributed by atoms with Crippen molar-refractivity contribution in [3.8, 4) is 11.5 Å². The smallest absolute Gasteiger partial charge is 0.342 e. The van der Waals surface area contributed by atoms with Gasteiger partial charge >= 0.3 is 5.97 Å². The molecule has 0 saturated carbocycles. The van der Waals surface area contributed by atoms with Gasteiger partial charge in [-0.15, -0.1) is 0 Å². The van der Waals surface area contributed by atoms with E-state index in [1.807, 2.05) is 0 Å². The van der Waals surface area contributed by atoms with Gasteiger partial charge in [0, 0.05) is 18.5 Å². The second-order valence-electron chi connectivity index (χ2n) is 7.90. The Morgan fingerprint density at radius 3 is 2.80 bits per heavy atom. The van der Waals surface area contributed by atoms with E-state index in [2.05, 4.69) is 15.3 Å². The van der Waals surface area contributed by atoms with Crippen LogP contribution in [0.15, 0.2) is 42.8 Å². The van der Waals surface area contributed by atoms with Gasteiger partial charge in [0.2, 0.25) is 0 Å². The van der Waals surface area contributed by atoms with Crippen molar-refractivity contribution >= 4 is 17.8 Å². The van der Waals surface area contributed by atoms with E-state index >= 15 is 0 Å². The number of unbranched alkanes of at least 4 members (excludes halogenated alkanes) is 1. The number of nitrogens with zero attached hydrogens (tertiary/aromatic N) is 1. The van der Waals surface area contributed by atoms with E-state index in [0.29, 0.717) is 37.3 Å². The van der Waals surface area contributed by atoms with Crippen LogP contribution in [0.3, 0.4) is 0 Å². The monoisotopic (exact) mass is 487 g/mol. The Morgan fingerprint density at radius 2 is 2.00 bits per heavy atom. The zero-order chi connectivity index (χ0) is 24.2. The number of benzene rings is 1. The molecule has 0 aliphatic carbocycles. The summed E-state index contributed by atoms with van der Waals surface area (Å²) in [5.41, 5.74) is 0.511. The minimum absolute atomic E-state index is 0. The molecule has 0 fully saturated rings. The summed E-state index contributed by atoms with van der Waals surface area (Å²) in [7, 11) is 0. The number of hydrogen-bond donors (Lipinski definition) is 4. The van der Waals surface area contributed by atoms with Crippen molar-refractivity contribution in [2.45, 2.75) is 44.8 Å². The molecule has 10 nitrogen and oxygen atoms in total. The van der Waals surface area contributed by atoms with E-state index in [1.165, 1.54) is 12.1 Å². The van der Waals surface area contributed by atoms with E-state index in [-0.39, 0.29) is 35.6 Å². The van der Waals surface area contributed by atoms with Crippen molar-refractivity contribution in [1.29, 1.82) is 0 Å². The SMILES string of the molecule is O.O=C1OCC/C=C\C(=O)[C@@H](O)CC/C=C/c2cc(OCCCCNCc3ncc[nH]3)cc(O)c21. The molecule has 0 radical (unpaired) electrons. The fraction of sp³-hybridized carbons (Fsp3) is 0.400. The first-order valence-corrected chi connectivity index (χ1v) is 11.5. The van der Waals surface area contributed by atoms with Crippen LogP contribution in [0.25, 0.3) is 6.08 Å². The molecule has 0 bridgehead atoms. The number of allylic oxidation sites excluding steroid dienone is 1. The highest BCUT2D eigenvalue weighted by Gasteiger charge is 2.19. The lowest BCUT2D eigenvalue weighted by Crippen LogP contribution is -2.17. The lowest BCUT2D eigenvalue weighted by Gasteiger charge is -2.13. The number of fused-ring (bicyclic) bond motifs is 1. The predicted octanol–water partition coefficient (Wildman–Crippen LogP) is 2.08. The maximum Gasteiger partial charge on any atom is 0.342 e.